The maximum atomic E-state index is 12.4. The lowest BCUT2D eigenvalue weighted by Crippen LogP contribution is -2.49. The highest BCUT2D eigenvalue weighted by Crippen LogP contribution is 2.23. The number of nitrogens with zero attached hydrogens (tertiary/aromatic N) is 1. The fraction of sp³-hybridized carbons (Fsp3) is 0.562. The Morgan fingerprint density at radius 2 is 2.20 bits per heavy atom. The average Bonchev–Trinajstić information content (AvgIpc) is 2.95. The molecule has 1 aromatic carbocycles. The molecule has 3 rings (SSSR count). The Balaban J connectivity index is 1.69. The third-order valence-corrected chi connectivity index (χ3v) is 4.33. The molecule has 1 aliphatic carbocycles. The lowest BCUT2D eigenvalue weighted by molar-refractivity contribution is -0.0240. The van der Waals surface area contributed by atoms with E-state index in [0.29, 0.717) is 26.3 Å². The lowest BCUT2D eigenvalue weighted by Gasteiger charge is -2.33. The maximum absolute atomic E-state index is 12.4. The highest BCUT2D eigenvalue weighted by Gasteiger charge is 2.25. The number of carbonyl (C=O) groups is 1. The number of aryl methyl sites for hydroxylation is 2. The van der Waals surface area contributed by atoms with Gasteiger partial charge >= 0.3 is 0 Å². The van der Waals surface area contributed by atoms with Crippen LogP contribution in [-0.4, -0.2) is 54.7 Å². The van der Waals surface area contributed by atoms with E-state index in [9.17, 15) is 9.90 Å². The minimum absolute atomic E-state index is 0.0392. The SMILES string of the molecule is O=C(CN1CCOCC1CO)c1ccc2c(c1)CCC2. The fourth-order valence-electron chi connectivity index (χ4n) is 3.09. The van der Waals surface area contributed by atoms with Crippen LogP contribution in [-0.2, 0) is 17.6 Å². The topological polar surface area (TPSA) is 49.8 Å². The molecule has 108 valence electrons. The molecule has 4 nitrogen and oxygen atoms in total. The van der Waals surface area contributed by atoms with Crippen LogP contribution in [0.25, 0.3) is 0 Å². The Labute approximate surface area is 119 Å². The molecule has 1 heterocycles. The normalized spacial score (nSPS) is 22.8. The Morgan fingerprint density at radius 1 is 1.35 bits per heavy atom. The molecule has 1 aliphatic heterocycles. The number of aliphatic hydroxyl groups is 1. The molecule has 0 bridgehead atoms. The van der Waals surface area contributed by atoms with E-state index < -0.39 is 0 Å². The molecule has 20 heavy (non-hydrogen) atoms. The second-order valence-corrected chi connectivity index (χ2v) is 5.64. The molecule has 1 aromatic rings. The first kappa shape index (κ1) is 13.7. The van der Waals surface area contributed by atoms with E-state index in [1.165, 1.54) is 17.5 Å². The van der Waals surface area contributed by atoms with Crippen LogP contribution in [0.2, 0.25) is 0 Å². The predicted octanol–water partition coefficient (Wildman–Crippen LogP) is 1.05. The number of rotatable bonds is 4. The molecule has 0 aromatic heterocycles. The monoisotopic (exact) mass is 275 g/mol. The summed E-state index contributed by atoms with van der Waals surface area (Å²) in [4.78, 5) is 14.4. The third kappa shape index (κ3) is 2.77. The summed E-state index contributed by atoms with van der Waals surface area (Å²) in [6.45, 7) is 2.26. The van der Waals surface area contributed by atoms with Crippen molar-refractivity contribution in [3.8, 4) is 0 Å². The van der Waals surface area contributed by atoms with Crippen molar-refractivity contribution >= 4 is 5.78 Å². The van der Waals surface area contributed by atoms with Gasteiger partial charge in [-0.25, -0.2) is 0 Å². The largest absolute Gasteiger partial charge is 0.395 e. The van der Waals surface area contributed by atoms with Gasteiger partial charge < -0.3 is 9.84 Å². The first-order valence-electron chi connectivity index (χ1n) is 7.35. The maximum Gasteiger partial charge on any atom is 0.176 e. The smallest absolute Gasteiger partial charge is 0.176 e. The van der Waals surface area contributed by atoms with Crippen LogP contribution in [0.4, 0.5) is 0 Å². The summed E-state index contributed by atoms with van der Waals surface area (Å²) in [7, 11) is 0. The van der Waals surface area contributed by atoms with E-state index in [2.05, 4.69) is 12.1 Å². The minimum atomic E-state index is -0.0536. The van der Waals surface area contributed by atoms with E-state index >= 15 is 0 Å². The zero-order valence-corrected chi connectivity index (χ0v) is 11.7. The van der Waals surface area contributed by atoms with E-state index in [4.69, 9.17) is 4.74 Å². The number of aliphatic hydroxyl groups excluding tert-OH is 1. The molecule has 0 saturated carbocycles. The van der Waals surface area contributed by atoms with Crippen molar-refractivity contribution in [1.82, 2.24) is 4.90 Å². The van der Waals surface area contributed by atoms with Gasteiger partial charge in [-0.3, -0.25) is 9.69 Å². The van der Waals surface area contributed by atoms with Gasteiger partial charge in [0, 0.05) is 12.1 Å². The van der Waals surface area contributed by atoms with Gasteiger partial charge in [0.1, 0.15) is 0 Å². The second-order valence-electron chi connectivity index (χ2n) is 5.64. The molecule has 0 spiro atoms. The molecular formula is C16H21NO3. The first-order valence-corrected chi connectivity index (χ1v) is 7.35. The molecule has 1 fully saturated rings. The van der Waals surface area contributed by atoms with Crippen LogP contribution in [0.1, 0.15) is 27.9 Å². The highest BCUT2D eigenvalue weighted by molar-refractivity contribution is 5.97. The van der Waals surface area contributed by atoms with Crippen LogP contribution in [0, 0.1) is 0 Å². The molecule has 0 radical (unpaired) electrons. The van der Waals surface area contributed by atoms with Crippen LogP contribution in [0.15, 0.2) is 18.2 Å². The summed E-state index contributed by atoms with van der Waals surface area (Å²) in [5.74, 6) is 0.139. The second kappa shape index (κ2) is 6.04. The van der Waals surface area contributed by atoms with Crippen molar-refractivity contribution in [3.63, 3.8) is 0 Å². The summed E-state index contributed by atoms with van der Waals surface area (Å²) in [6.07, 6.45) is 3.43. The average molecular weight is 275 g/mol. The van der Waals surface area contributed by atoms with Gasteiger partial charge in [0.25, 0.3) is 0 Å². The molecule has 4 heteroatoms. The van der Waals surface area contributed by atoms with Crippen molar-refractivity contribution in [3.05, 3.63) is 34.9 Å². The van der Waals surface area contributed by atoms with Crippen LogP contribution in [0.5, 0.6) is 0 Å². The Morgan fingerprint density at radius 3 is 3.05 bits per heavy atom. The standard InChI is InChI=1S/C16H21NO3/c18-10-15-11-20-7-6-17(15)9-16(19)14-5-4-12-2-1-3-13(12)8-14/h4-5,8,15,18H,1-3,6-7,9-11H2. The van der Waals surface area contributed by atoms with Crippen LogP contribution in [0.3, 0.4) is 0 Å². The zero-order chi connectivity index (χ0) is 13.9. The van der Waals surface area contributed by atoms with Gasteiger partial charge in [-0.05, 0) is 36.5 Å². The molecule has 2 aliphatic rings. The van der Waals surface area contributed by atoms with Crippen molar-refractivity contribution < 1.29 is 14.6 Å². The van der Waals surface area contributed by atoms with Gasteiger partial charge in [-0.15, -0.1) is 0 Å². The van der Waals surface area contributed by atoms with Gasteiger partial charge in [-0.1, -0.05) is 12.1 Å². The molecule has 1 saturated heterocycles. The number of hydrogen-bond donors (Lipinski definition) is 1. The zero-order valence-electron chi connectivity index (χ0n) is 11.7. The molecule has 1 N–H and O–H groups in total. The van der Waals surface area contributed by atoms with E-state index in [0.717, 1.165) is 18.4 Å². The summed E-state index contributed by atoms with van der Waals surface area (Å²) in [6, 6.07) is 6.04. The number of carbonyl (C=O) groups excluding carboxylic acids is 1. The van der Waals surface area contributed by atoms with Crippen molar-refractivity contribution in [2.75, 3.05) is 32.9 Å². The van der Waals surface area contributed by atoms with Gasteiger partial charge in [0.2, 0.25) is 0 Å². The van der Waals surface area contributed by atoms with Crippen molar-refractivity contribution in [2.45, 2.75) is 25.3 Å². The van der Waals surface area contributed by atoms with Gasteiger partial charge in [-0.2, -0.15) is 0 Å². The van der Waals surface area contributed by atoms with Gasteiger partial charge in [0.05, 0.1) is 32.4 Å². The molecular weight excluding hydrogens is 254 g/mol. The van der Waals surface area contributed by atoms with E-state index in [-0.39, 0.29) is 18.4 Å². The highest BCUT2D eigenvalue weighted by atomic mass is 16.5. The number of benzene rings is 1. The summed E-state index contributed by atoms with van der Waals surface area (Å²) >= 11 is 0. The van der Waals surface area contributed by atoms with Crippen molar-refractivity contribution in [1.29, 1.82) is 0 Å². The fourth-order valence-corrected chi connectivity index (χ4v) is 3.09. The number of hydrogen-bond acceptors (Lipinski definition) is 4. The number of fused-ring (bicyclic) bond motifs is 1. The van der Waals surface area contributed by atoms with Gasteiger partial charge in [0.15, 0.2) is 5.78 Å². The lowest BCUT2D eigenvalue weighted by atomic mass is 10.0. The quantitative estimate of drug-likeness (QED) is 0.835. The number of morpholine rings is 1. The molecule has 0 amide bonds. The summed E-state index contributed by atoms with van der Waals surface area (Å²) < 4.78 is 5.34. The minimum Gasteiger partial charge on any atom is -0.395 e. The Hall–Kier alpha value is -1.23. The third-order valence-electron chi connectivity index (χ3n) is 4.33. The van der Waals surface area contributed by atoms with Crippen LogP contribution < -0.4 is 0 Å². The van der Waals surface area contributed by atoms with Crippen molar-refractivity contribution in [2.24, 2.45) is 0 Å². The number of ketones is 1. The Bertz CT molecular complexity index is 500. The number of Topliss-reactive ketones (excluding diaryl/α,β-unsaturated/α-hetero) is 1. The van der Waals surface area contributed by atoms with E-state index in [1.807, 2.05) is 11.0 Å². The summed E-state index contributed by atoms with van der Waals surface area (Å²) in [5, 5.41) is 9.34. The first-order chi connectivity index (χ1) is 9.78. The number of ether oxygens (including phenoxy) is 1. The molecule has 1 unspecified atom stereocenters. The predicted molar refractivity (Wildman–Crippen MR) is 76.1 cm³/mol. The molecule has 1 atom stereocenters. The Kier molecular flexibility index (Phi) is 4.15. The van der Waals surface area contributed by atoms with Crippen LogP contribution >= 0.6 is 0 Å². The summed E-state index contributed by atoms with van der Waals surface area (Å²) in [5.41, 5.74) is 3.52. The van der Waals surface area contributed by atoms with E-state index in [1.54, 1.807) is 0 Å².